The van der Waals surface area contributed by atoms with Gasteiger partial charge in [-0.2, -0.15) is 0 Å². The van der Waals surface area contributed by atoms with Crippen LogP contribution in [0.4, 0.5) is 0 Å². The van der Waals surface area contributed by atoms with Crippen LogP contribution in [0.15, 0.2) is 48.5 Å². The third-order valence-corrected chi connectivity index (χ3v) is 3.03. The third kappa shape index (κ3) is 3.76. The molecule has 0 saturated heterocycles. The molecule has 0 saturated carbocycles. The Morgan fingerprint density at radius 3 is 2.47 bits per heavy atom. The lowest BCUT2D eigenvalue weighted by Crippen LogP contribution is -2.10. The number of Topliss-reactive ketones (excluding diaryl/α,β-unsaturated/α-hetero) is 1. The fourth-order valence-corrected chi connectivity index (χ4v) is 2.04. The summed E-state index contributed by atoms with van der Waals surface area (Å²) in [5.74, 6) is 0.0356. The van der Waals surface area contributed by atoms with Gasteiger partial charge in [-0.15, -0.1) is 0 Å². The summed E-state index contributed by atoms with van der Waals surface area (Å²) in [6.07, 6.45) is 0. The van der Waals surface area contributed by atoms with Gasteiger partial charge in [0.1, 0.15) is 6.61 Å². The van der Waals surface area contributed by atoms with E-state index in [0.29, 0.717) is 6.61 Å². The van der Waals surface area contributed by atoms with Crippen molar-refractivity contribution in [3.8, 4) is 0 Å². The van der Waals surface area contributed by atoms with Crippen LogP contribution in [0, 0.1) is 13.8 Å². The van der Waals surface area contributed by atoms with Crippen molar-refractivity contribution in [2.24, 2.45) is 0 Å². The maximum Gasteiger partial charge on any atom is 0.188 e. The quantitative estimate of drug-likeness (QED) is 0.760. The molecule has 0 bridgehead atoms. The highest BCUT2D eigenvalue weighted by Crippen LogP contribution is 2.11. The van der Waals surface area contributed by atoms with Gasteiger partial charge in [0.2, 0.25) is 0 Å². The van der Waals surface area contributed by atoms with E-state index in [1.54, 1.807) is 0 Å². The average Bonchev–Trinajstić information content (AvgIpc) is 2.39. The Bertz CT molecular complexity index is 559. The van der Waals surface area contributed by atoms with Crippen molar-refractivity contribution in [1.82, 2.24) is 0 Å². The fraction of sp³-hybridized carbons (Fsp3) is 0.235. The van der Waals surface area contributed by atoms with Crippen LogP contribution in [-0.2, 0) is 11.3 Å². The zero-order valence-corrected chi connectivity index (χ0v) is 11.3. The van der Waals surface area contributed by atoms with Crippen LogP contribution in [0.2, 0.25) is 0 Å². The summed E-state index contributed by atoms with van der Waals surface area (Å²) in [4.78, 5) is 12.0. The Morgan fingerprint density at radius 2 is 1.79 bits per heavy atom. The third-order valence-electron chi connectivity index (χ3n) is 3.03. The lowest BCUT2D eigenvalue weighted by atomic mass is 10.0. The first-order valence-electron chi connectivity index (χ1n) is 6.39. The summed E-state index contributed by atoms with van der Waals surface area (Å²) < 4.78 is 5.47. The summed E-state index contributed by atoms with van der Waals surface area (Å²) in [5.41, 5.74) is 4.00. The number of ketones is 1. The number of carbonyl (C=O) groups excluding carboxylic acids is 1. The first kappa shape index (κ1) is 13.5. The average molecular weight is 254 g/mol. The molecule has 0 aromatic heterocycles. The van der Waals surface area contributed by atoms with E-state index in [-0.39, 0.29) is 12.4 Å². The molecule has 0 unspecified atom stereocenters. The molecule has 0 fully saturated rings. The van der Waals surface area contributed by atoms with Crippen LogP contribution in [0.1, 0.15) is 27.0 Å². The SMILES string of the molecule is Cc1ccc(C(=O)COCc2ccccc2)c(C)c1. The molecule has 0 amide bonds. The Hall–Kier alpha value is -1.93. The highest BCUT2D eigenvalue weighted by Gasteiger charge is 2.09. The molecule has 0 aliphatic rings. The van der Waals surface area contributed by atoms with Gasteiger partial charge in [0.15, 0.2) is 5.78 Å². The van der Waals surface area contributed by atoms with E-state index in [9.17, 15) is 4.79 Å². The molecule has 2 aromatic rings. The van der Waals surface area contributed by atoms with Crippen molar-refractivity contribution >= 4 is 5.78 Å². The van der Waals surface area contributed by atoms with Crippen LogP contribution in [0.25, 0.3) is 0 Å². The predicted molar refractivity (Wildman–Crippen MR) is 76.3 cm³/mol. The molecule has 2 heteroatoms. The van der Waals surface area contributed by atoms with Crippen LogP contribution >= 0.6 is 0 Å². The Labute approximate surface area is 114 Å². The largest absolute Gasteiger partial charge is 0.369 e. The number of ether oxygens (including phenoxy) is 1. The topological polar surface area (TPSA) is 26.3 Å². The second kappa shape index (κ2) is 6.30. The van der Waals surface area contributed by atoms with Gasteiger partial charge in [0.05, 0.1) is 6.61 Å². The fourth-order valence-electron chi connectivity index (χ4n) is 2.04. The maximum absolute atomic E-state index is 12.0. The van der Waals surface area contributed by atoms with E-state index < -0.39 is 0 Å². The molecule has 0 aliphatic carbocycles. The molecule has 19 heavy (non-hydrogen) atoms. The van der Waals surface area contributed by atoms with Crippen LogP contribution in [-0.4, -0.2) is 12.4 Å². The van der Waals surface area contributed by atoms with Crippen molar-refractivity contribution in [2.45, 2.75) is 20.5 Å². The van der Waals surface area contributed by atoms with Crippen molar-refractivity contribution < 1.29 is 9.53 Å². The second-order valence-corrected chi connectivity index (χ2v) is 4.72. The minimum Gasteiger partial charge on any atom is -0.369 e. The van der Waals surface area contributed by atoms with Gasteiger partial charge in [-0.1, -0.05) is 54.1 Å². The Balaban J connectivity index is 1.91. The molecule has 0 aliphatic heterocycles. The molecule has 98 valence electrons. The van der Waals surface area contributed by atoms with E-state index in [1.807, 2.05) is 62.4 Å². The lowest BCUT2D eigenvalue weighted by Gasteiger charge is -2.07. The highest BCUT2D eigenvalue weighted by molar-refractivity contribution is 5.98. The molecule has 2 rings (SSSR count). The number of rotatable bonds is 5. The summed E-state index contributed by atoms with van der Waals surface area (Å²) in [7, 11) is 0. The summed E-state index contributed by atoms with van der Waals surface area (Å²) in [5, 5.41) is 0. The monoisotopic (exact) mass is 254 g/mol. The molecule has 0 atom stereocenters. The van der Waals surface area contributed by atoms with Gasteiger partial charge in [0.25, 0.3) is 0 Å². The van der Waals surface area contributed by atoms with Gasteiger partial charge >= 0.3 is 0 Å². The molecule has 0 heterocycles. The molecule has 0 spiro atoms. The summed E-state index contributed by atoms with van der Waals surface area (Å²) >= 11 is 0. The second-order valence-electron chi connectivity index (χ2n) is 4.72. The number of hydrogen-bond acceptors (Lipinski definition) is 2. The molecule has 2 aromatic carbocycles. The normalized spacial score (nSPS) is 10.4. The van der Waals surface area contributed by atoms with Gasteiger partial charge in [-0.05, 0) is 25.0 Å². The molecule has 0 radical (unpaired) electrons. The zero-order valence-electron chi connectivity index (χ0n) is 11.3. The van der Waals surface area contributed by atoms with Crippen LogP contribution in [0.5, 0.6) is 0 Å². The summed E-state index contributed by atoms with van der Waals surface area (Å²) in [6.45, 7) is 4.57. The van der Waals surface area contributed by atoms with E-state index in [0.717, 1.165) is 16.7 Å². The molecule has 0 N–H and O–H groups in total. The number of benzene rings is 2. The number of hydrogen-bond donors (Lipinski definition) is 0. The van der Waals surface area contributed by atoms with Crippen molar-refractivity contribution in [2.75, 3.05) is 6.61 Å². The standard InChI is InChI=1S/C17H18O2/c1-13-8-9-16(14(2)10-13)17(18)12-19-11-15-6-4-3-5-7-15/h3-10H,11-12H2,1-2H3. The van der Waals surface area contributed by atoms with Crippen molar-refractivity contribution in [3.05, 3.63) is 70.8 Å². The smallest absolute Gasteiger partial charge is 0.188 e. The van der Waals surface area contributed by atoms with Gasteiger partial charge in [-0.3, -0.25) is 4.79 Å². The van der Waals surface area contributed by atoms with Crippen LogP contribution in [0.3, 0.4) is 0 Å². The van der Waals surface area contributed by atoms with Crippen LogP contribution < -0.4 is 0 Å². The molecular formula is C17H18O2. The predicted octanol–water partition coefficient (Wildman–Crippen LogP) is 3.70. The Morgan fingerprint density at radius 1 is 1.05 bits per heavy atom. The zero-order chi connectivity index (χ0) is 13.7. The first-order chi connectivity index (χ1) is 9.16. The first-order valence-corrected chi connectivity index (χ1v) is 6.39. The number of aryl methyl sites for hydroxylation is 2. The maximum atomic E-state index is 12.0. The summed E-state index contributed by atoms with van der Waals surface area (Å²) in [6, 6.07) is 15.7. The van der Waals surface area contributed by atoms with E-state index in [4.69, 9.17) is 4.74 Å². The van der Waals surface area contributed by atoms with E-state index >= 15 is 0 Å². The van der Waals surface area contributed by atoms with Crippen molar-refractivity contribution in [3.63, 3.8) is 0 Å². The van der Waals surface area contributed by atoms with Gasteiger partial charge in [-0.25, -0.2) is 0 Å². The Kier molecular flexibility index (Phi) is 4.48. The minimum absolute atomic E-state index is 0.0356. The molecular weight excluding hydrogens is 236 g/mol. The molecule has 2 nitrogen and oxygen atoms in total. The van der Waals surface area contributed by atoms with Gasteiger partial charge < -0.3 is 4.74 Å². The number of carbonyl (C=O) groups is 1. The lowest BCUT2D eigenvalue weighted by molar-refractivity contribution is 0.0726. The van der Waals surface area contributed by atoms with E-state index in [1.165, 1.54) is 5.56 Å². The van der Waals surface area contributed by atoms with E-state index in [2.05, 4.69) is 0 Å². The van der Waals surface area contributed by atoms with Crippen molar-refractivity contribution in [1.29, 1.82) is 0 Å². The highest BCUT2D eigenvalue weighted by atomic mass is 16.5. The van der Waals surface area contributed by atoms with Gasteiger partial charge in [0, 0.05) is 5.56 Å². The minimum atomic E-state index is 0.0356.